The van der Waals surface area contributed by atoms with Gasteiger partial charge in [-0.1, -0.05) is 20.8 Å². The first-order valence-electron chi connectivity index (χ1n) is 11.9. The fraction of sp³-hybridized carbons (Fsp3) is 0.385. The highest BCUT2D eigenvalue weighted by Crippen LogP contribution is 2.27. The number of anilines is 2. The van der Waals surface area contributed by atoms with E-state index >= 15 is 0 Å². The van der Waals surface area contributed by atoms with Gasteiger partial charge in [0.2, 0.25) is 5.95 Å². The molecule has 1 aliphatic rings. The number of halogens is 1. The van der Waals surface area contributed by atoms with Crippen LogP contribution >= 0.6 is 0 Å². The summed E-state index contributed by atoms with van der Waals surface area (Å²) in [6, 6.07) is 7.15. The van der Waals surface area contributed by atoms with Crippen LogP contribution in [0.3, 0.4) is 0 Å². The Morgan fingerprint density at radius 1 is 1.17 bits per heavy atom. The molecule has 0 saturated heterocycles. The fourth-order valence-corrected chi connectivity index (χ4v) is 4.49. The summed E-state index contributed by atoms with van der Waals surface area (Å²) in [7, 11) is 0. The van der Waals surface area contributed by atoms with E-state index in [0.717, 1.165) is 29.9 Å². The molecule has 0 aliphatic carbocycles. The van der Waals surface area contributed by atoms with Gasteiger partial charge in [-0.15, -0.1) is 0 Å². The maximum absolute atomic E-state index is 14.7. The van der Waals surface area contributed by atoms with Gasteiger partial charge in [0.05, 0.1) is 5.69 Å². The smallest absolute Gasteiger partial charge is 0.278 e. The number of hydrogen-bond donors (Lipinski definition) is 2. The van der Waals surface area contributed by atoms with Crippen LogP contribution in [0.2, 0.25) is 0 Å². The van der Waals surface area contributed by atoms with Crippen molar-refractivity contribution in [3.63, 3.8) is 0 Å². The molecule has 0 radical (unpaired) electrons. The lowest BCUT2D eigenvalue weighted by atomic mass is 9.91. The minimum Gasteiger partial charge on any atom is -0.324 e. The van der Waals surface area contributed by atoms with E-state index in [4.69, 9.17) is 4.98 Å². The monoisotopic (exact) mass is 475 g/mol. The number of rotatable bonds is 4. The first-order chi connectivity index (χ1) is 16.6. The molecule has 5 rings (SSSR count). The predicted molar refractivity (Wildman–Crippen MR) is 135 cm³/mol. The Balaban J connectivity index is 1.64. The number of benzene rings is 1. The predicted octanol–water partition coefficient (Wildman–Crippen LogP) is 4.38. The Bertz CT molecular complexity index is 1480. The zero-order valence-corrected chi connectivity index (χ0v) is 20.7. The molecule has 0 fully saturated rings. The van der Waals surface area contributed by atoms with Gasteiger partial charge in [0.1, 0.15) is 11.2 Å². The van der Waals surface area contributed by atoms with Crippen LogP contribution in [0.5, 0.6) is 0 Å². The molecule has 0 atom stereocenters. The molecule has 0 spiro atoms. The third-order valence-electron chi connectivity index (χ3n) is 6.29. The van der Waals surface area contributed by atoms with E-state index in [1.165, 1.54) is 12.3 Å². The molecule has 4 aromatic rings. The van der Waals surface area contributed by atoms with Gasteiger partial charge in [0.15, 0.2) is 5.65 Å². The number of hydrogen-bond acceptors (Lipinski definition) is 6. The van der Waals surface area contributed by atoms with E-state index in [-0.39, 0.29) is 22.8 Å². The number of fused-ring (bicyclic) bond motifs is 2. The second-order valence-corrected chi connectivity index (χ2v) is 10.3. The fourth-order valence-electron chi connectivity index (χ4n) is 4.49. The maximum Gasteiger partial charge on any atom is 0.278 e. The molecule has 3 aromatic heterocycles. The molecule has 2 N–H and O–H groups in total. The van der Waals surface area contributed by atoms with Gasteiger partial charge in [0.25, 0.3) is 5.56 Å². The van der Waals surface area contributed by atoms with Gasteiger partial charge in [-0.05, 0) is 56.6 Å². The molecule has 8 nitrogen and oxygen atoms in total. The second-order valence-electron chi connectivity index (χ2n) is 10.3. The molecule has 0 saturated carbocycles. The van der Waals surface area contributed by atoms with Crippen molar-refractivity contribution in [2.75, 3.05) is 11.9 Å². The van der Waals surface area contributed by atoms with Crippen LogP contribution in [-0.4, -0.2) is 30.9 Å². The van der Waals surface area contributed by atoms with Crippen molar-refractivity contribution >= 4 is 22.7 Å². The zero-order chi connectivity index (χ0) is 24.9. The first-order valence-corrected chi connectivity index (χ1v) is 11.9. The first kappa shape index (κ1) is 23.2. The van der Waals surface area contributed by atoms with E-state index in [9.17, 15) is 9.18 Å². The highest BCUT2D eigenvalue weighted by atomic mass is 19.1. The summed E-state index contributed by atoms with van der Waals surface area (Å²) in [4.78, 5) is 26.9. The molecule has 1 aliphatic heterocycles. The van der Waals surface area contributed by atoms with Gasteiger partial charge in [-0.25, -0.2) is 18.7 Å². The molecular weight excluding hydrogens is 445 g/mol. The van der Waals surface area contributed by atoms with Gasteiger partial charge < -0.3 is 10.6 Å². The molecule has 182 valence electrons. The molecule has 0 bridgehead atoms. The van der Waals surface area contributed by atoms with E-state index in [0.29, 0.717) is 34.8 Å². The molecular formula is C26H30FN7O. The summed E-state index contributed by atoms with van der Waals surface area (Å²) < 4.78 is 18.2. The van der Waals surface area contributed by atoms with Crippen molar-refractivity contribution in [1.82, 2.24) is 29.6 Å². The molecule has 0 unspecified atom stereocenters. The third kappa shape index (κ3) is 4.20. The lowest BCUT2D eigenvalue weighted by Gasteiger charge is -2.20. The summed E-state index contributed by atoms with van der Waals surface area (Å²) in [6.07, 6.45) is 4.05. The van der Waals surface area contributed by atoms with Gasteiger partial charge in [-0.2, -0.15) is 4.98 Å². The minimum atomic E-state index is -0.257. The van der Waals surface area contributed by atoms with Crippen molar-refractivity contribution in [3.05, 3.63) is 69.7 Å². The average molecular weight is 476 g/mol. The highest BCUT2D eigenvalue weighted by Gasteiger charge is 2.22. The van der Waals surface area contributed by atoms with Crippen LogP contribution in [0.1, 0.15) is 57.5 Å². The Hall–Kier alpha value is -3.59. The van der Waals surface area contributed by atoms with Gasteiger partial charge >= 0.3 is 0 Å². The highest BCUT2D eigenvalue weighted by molar-refractivity contribution is 5.77. The Morgan fingerprint density at radius 2 is 1.97 bits per heavy atom. The third-order valence-corrected chi connectivity index (χ3v) is 6.29. The number of aromatic nitrogens is 5. The van der Waals surface area contributed by atoms with Gasteiger partial charge in [-0.3, -0.25) is 9.78 Å². The molecule has 9 heteroatoms. The minimum absolute atomic E-state index is 0.109. The van der Waals surface area contributed by atoms with E-state index in [1.807, 2.05) is 36.7 Å². The van der Waals surface area contributed by atoms with Crippen LogP contribution in [0.25, 0.3) is 16.7 Å². The number of nitrogens with one attached hydrogen (secondary N) is 2. The van der Waals surface area contributed by atoms with Gasteiger partial charge in [0, 0.05) is 47.3 Å². The van der Waals surface area contributed by atoms with E-state index < -0.39 is 0 Å². The molecule has 0 amide bonds. The van der Waals surface area contributed by atoms with E-state index in [2.05, 4.69) is 41.4 Å². The summed E-state index contributed by atoms with van der Waals surface area (Å²) in [5, 5.41) is 6.76. The second kappa shape index (κ2) is 8.57. The van der Waals surface area contributed by atoms with Crippen LogP contribution < -0.4 is 16.2 Å². The number of pyridine rings is 1. The molecule has 4 heterocycles. The van der Waals surface area contributed by atoms with E-state index in [1.54, 1.807) is 10.9 Å². The van der Waals surface area contributed by atoms with Crippen molar-refractivity contribution in [2.24, 2.45) is 0 Å². The summed E-state index contributed by atoms with van der Waals surface area (Å²) in [5.74, 6) is 0.0400. The van der Waals surface area contributed by atoms with Crippen molar-refractivity contribution in [1.29, 1.82) is 0 Å². The Morgan fingerprint density at radius 3 is 2.71 bits per heavy atom. The molecule has 1 aromatic carbocycles. The largest absolute Gasteiger partial charge is 0.324 e. The normalized spacial score (nSPS) is 13.9. The van der Waals surface area contributed by atoms with Crippen LogP contribution in [0.4, 0.5) is 16.0 Å². The van der Waals surface area contributed by atoms with Crippen LogP contribution in [0.15, 0.2) is 41.5 Å². The lowest BCUT2D eigenvalue weighted by Crippen LogP contribution is -2.24. The molecule has 35 heavy (non-hydrogen) atoms. The Kier molecular flexibility index (Phi) is 5.67. The van der Waals surface area contributed by atoms with Crippen LogP contribution in [-0.2, 0) is 18.4 Å². The van der Waals surface area contributed by atoms with Crippen molar-refractivity contribution in [3.8, 4) is 5.69 Å². The SMILES string of the molecule is CC(C)n1c(=O)c2cnc(Nc3cc(F)c4c(c3)CCNC4)nc2n1-c1ccnc(C(C)(C)C)c1. The maximum atomic E-state index is 14.7. The number of nitrogens with zero attached hydrogens (tertiary/aromatic N) is 5. The summed E-state index contributed by atoms with van der Waals surface area (Å²) in [5.41, 5.74) is 4.12. The Labute approximate surface area is 203 Å². The summed E-state index contributed by atoms with van der Waals surface area (Å²) >= 11 is 0. The standard InChI is InChI=1S/C26H30FN7O/c1-15(2)33-24(35)20-14-30-25(31-17-10-16-6-8-28-13-19(16)21(27)11-17)32-23(20)34(33)18-7-9-29-22(12-18)26(3,4)5/h7,9-12,14-15,28H,6,8,13H2,1-5H3,(H,30,31,32). The van der Waals surface area contributed by atoms with Crippen LogP contribution in [0, 0.1) is 5.82 Å². The van der Waals surface area contributed by atoms with Crippen molar-refractivity contribution < 1.29 is 4.39 Å². The summed E-state index contributed by atoms with van der Waals surface area (Å²) in [6.45, 7) is 11.6. The van der Waals surface area contributed by atoms with Crippen molar-refractivity contribution in [2.45, 2.75) is 59.0 Å². The zero-order valence-electron chi connectivity index (χ0n) is 20.7. The quantitative estimate of drug-likeness (QED) is 0.455. The lowest BCUT2D eigenvalue weighted by molar-refractivity contribution is 0.474. The average Bonchev–Trinajstić information content (AvgIpc) is 3.10. The topological polar surface area (TPSA) is 89.7 Å².